The van der Waals surface area contributed by atoms with Crippen LogP contribution in [0.5, 0.6) is 0 Å². The van der Waals surface area contributed by atoms with E-state index in [-0.39, 0.29) is 6.04 Å². The summed E-state index contributed by atoms with van der Waals surface area (Å²) in [6.07, 6.45) is 0.813. The maximum atomic E-state index is 5.33. The minimum atomic E-state index is -0.501. The standard InChI is InChI=1S/C14H22N2O/c1-6-14(4,17-5)16-15-12(3)13-9-7-11(2)8-10-13/h7-10,12H,6H2,1-5H3/b16-15+. The number of benzene rings is 1. The lowest BCUT2D eigenvalue weighted by Gasteiger charge is -2.20. The van der Waals surface area contributed by atoms with Crippen LogP contribution in [0.2, 0.25) is 0 Å². The van der Waals surface area contributed by atoms with Crippen molar-refractivity contribution in [3.8, 4) is 0 Å². The van der Waals surface area contributed by atoms with E-state index in [1.807, 2.05) is 20.8 Å². The Kier molecular flexibility index (Phi) is 4.82. The first-order valence-electron chi connectivity index (χ1n) is 6.04. The van der Waals surface area contributed by atoms with Crippen LogP contribution in [0.4, 0.5) is 0 Å². The average Bonchev–Trinajstić information content (AvgIpc) is 2.36. The van der Waals surface area contributed by atoms with E-state index in [9.17, 15) is 0 Å². The second kappa shape index (κ2) is 5.92. The van der Waals surface area contributed by atoms with Gasteiger partial charge in [0.1, 0.15) is 0 Å². The summed E-state index contributed by atoms with van der Waals surface area (Å²) >= 11 is 0. The molecule has 1 aromatic rings. The van der Waals surface area contributed by atoms with Crippen LogP contribution in [0.1, 0.15) is 44.4 Å². The highest BCUT2D eigenvalue weighted by Gasteiger charge is 2.20. The predicted octanol–water partition coefficient (Wildman–Crippen LogP) is 4.28. The molecule has 0 radical (unpaired) electrons. The molecule has 17 heavy (non-hydrogen) atoms. The molecule has 0 bridgehead atoms. The quantitative estimate of drug-likeness (QED) is 0.700. The molecule has 3 heteroatoms. The second-order valence-electron chi connectivity index (χ2n) is 4.53. The van der Waals surface area contributed by atoms with Gasteiger partial charge in [0.05, 0.1) is 6.04 Å². The SMILES string of the molecule is CCC(C)(/N=N/C(C)c1ccc(C)cc1)OC. The summed E-state index contributed by atoms with van der Waals surface area (Å²) in [7, 11) is 1.67. The number of hydrogen-bond donors (Lipinski definition) is 0. The highest BCUT2D eigenvalue weighted by Crippen LogP contribution is 2.22. The molecular formula is C14H22N2O. The number of rotatable bonds is 5. The highest BCUT2D eigenvalue weighted by atomic mass is 16.5. The van der Waals surface area contributed by atoms with Gasteiger partial charge in [0, 0.05) is 7.11 Å². The fourth-order valence-corrected chi connectivity index (χ4v) is 1.38. The number of azo groups is 1. The molecule has 0 aliphatic heterocycles. The topological polar surface area (TPSA) is 34.0 Å². The molecule has 0 spiro atoms. The van der Waals surface area contributed by atoms with Crippen LogP contribution in [0, 0.1) is 6.92 Å². The zero-order valence-corrected chi connectivity index (χ0v) is 11.4. The Hall–Kier alpha value is -1.22. The Bertz CT molecular complexity index is 366. The molecule has 0 saturated carbocycles. The van der Waals surface area contributed by atoms with Crippen LogP contribution in [0.3, 0.4) is 0 Å². The molecule has 94 valence electrons. The highest BCUT2D eigenvalue weighted by molar-refractivity contribution is 5.23. The van der Waals surface area contributed by atoms with Gasteiger partial charge >= 0.3 is 0 Å². The molecule has 3 nitrogen and oxygen atoms in total. The summed E-state index contributed by atoms with van der Waals surface area (Å²) in [4.78, 5) is 0. The third kappa shape index (κ3) is 3.93. The van der Waals surface area contributed by atoms with Crippen molar-refractivity contribution in [2.75, 3.05) is 7.11 Å². The molecule has 2 atom stereocenters. The molecule has 0 fully saturated rings. The van der Waals surface area contributed by atoms with Gasteiger partial charge in [-0.15, -0.1) is 0 Å². The number of aryl methyl sites for hydroxylation is 1. The molecule has 0 aliphatic carbocycles. The maximum Gasteiger partial charge on any atom is 0.175 e. The van der Waals surface area contributed by atoms with Crippen LogP contribution < -0.4 is 0 Å². The van der Waals surface area contributed by atoms with Crippen molar-refractivity contribution >= 4 is 0 Å². The first-order valence-corrected chi connectivity index (χ1v) is 6.04. The van der Waals surface area contributed by atoms with Gasteiger partial charge in [0.2, 0.25) is 0 Å². The summed E-state index contributed by atoms with van der Waals surface area (Å²) in [5.41, 5.74) is 1.93. The molecule has 0 heterocycles. The van der Waals surface area contributed by atoms with E-state index in [1.54, 1.807) is 7.11 Å². The van der Waals surface area contributed by atoms with Gasteiger partial charge in [-0.05, 0) is 32.8 Å². The zero-order chi connectivity index (χ0) is 12.9. The first-order chi connectivity index (χ1) is 8.00. The van der Waals surface area contributed by atoms with E-state index in [4.69, 9.17) is 4.74 Å². The summed E-state index contributed by atoms with van der Waals surface area (Å²) in [6, 6.07) is 8.44. The first kappa shape index (κ1) is 13.8. The van der Waals surface area contributed by atoms with Crippen molar-refractivity contribution in [1.29, 1.82) is 0 Å². The van der Waals surface area contributed by atoms with E-state index in [1.165, 1.54) is 11.1 Å². The van der Waals surface area contributed by atoms with Crippen LogP contribution in [-0.2, 0) is 4.74 Å². The van der Waals surface area contributed by atoms with Crippen molar-refractivity contribution in [1.82, 2.24) is 0 Å². The van der Waals surface area contributed by atoms with Gasteiger partial charge in [0.15, 0.2) is 5.72 Å². The summed E-state index contributed by atoms with van der Waals surface area (Å²) < 4.78 is 5.33. The Morgan fingerprint density at radius 1 is 1.29 bits per heavy atom. The fourth-order valence-electron chi connectivity index (χ4n) is 1.38. The number of hydrogen-bond acceptors (Lipinski definition) is 3. The molecular weight excluding hydrogens is 212 g/mol. The van der Waals surface area contributed by atoms with E-state index in [0.29, 0.717) is 0 Å². The van der Waals surface area contributed by atoms with E-state index in [0.717, 1.165) is 6.42 Å². The fraction of sp³-hybridized carbons (Fsp3) is 0.571. The Balaban J connectivity index is 2.75. The molecule has 1 rings (SSSR count). The third-order valence-corrected chi connectivity index (χ3v) is 3.10. The van der Waals surface area contributed by atoms with Gasteiger partial charge in [0.25, 0.3) is 0 Å². The van der Waals surface area contributed by atoms with Crippen LogP contribution >= 0.6 is 0 Å². The average molecular weight is 234 g/mol. The zero-order valence-electron chi connectivity index (χ0n) is 11.4. The normalized spacial score (nSPS) is 17.0. The predicted molar refractivity (Wildman–Crippen MR) is 70.2 cm³/mol. The smallest absolute Gasteiger partial charge is 0.175 e. The summed E-state index contributed by atoms with van der Waals surface area (Å²) in [5.74, 6) is 0. The maximum absolute atomic E-state index is 5.33. The summed E-state index contributed by atoms with van der Waals surface area (Å²) in [5, 5.41) is 8.63. The molecule has 2 unspecified atom stereocenters. The van der Waals surface area contributed by atoms with Crippen molar-refractivity contribution in [2.45, 2.75) is 45.9 Å². The molecule has 1 aromatic carbocycles. The van der Waals surface area contributed by atoms with Gasteiger partial charge in [-0.3, -0.25) is 0 Å². The number of ether oxygens (including phenoxy) is 1. The molecule has 0 aromatic heterocycles. The number of nitrogens with zero attached hydrogens (tertiary/aromatic N) is 2. The molecule has 0 saturated heterocycles. The minimum Gasteiger partial charge on any atom is -0.356 e. The van der Waals surface area contributed by atoms with Crippen molar-refractivity contribution in [3.63, 3.8) is 0 Å². The van der Waals surface area contributed by atoms with Gasteiger partial charge in [-0.1, -0.05) is 36.8 Å². The van der Waals surface area contributed by atoms with E-state index >= 15 is 0 Å². The van der Waals surface area contributed by atoms with Crippen molar-refractivity contribution < 1.29 is 4.74 Å². The van der Waals surface area contributed by atoms with Crippen molar-refractivity contribution in [3.05, 3.63) is 35.4 Å². The van der Waals surface area contributed by atoms with E-state index in [2.05, 4.69) is 41.4 Å². The number of methoxy groups -OCH3 is 1. The van der Waals surface area contributed by atoms with Crippen LogP contribution in [0.25, 0.3) is 0 Å². The van der Waals surface area contributed by atoms with Gasteiger partial charge < -0.3 is 4.74 Å². The van der Waals surface area contributed by atoms with Crippen LogP contribution in [0.15, 0.2) is 34.5 Å². The second-order valence-corrected chi connectivity index (χ2v) is 4.53. The Morgan fingerprint density at radius 2 is 1.88 bits per heavy atom. The monoisotopic (exact) mass is 234 g/mol. The van der Waals surface area contributed by atoms with E-state index < -0.39 is 5.72 Å². The Labute approximate surface area is 104 Å². The molecule has 0 N–H and O–H groups in total. The third-order valence-electron chi connectivity index (χ3n) is 3.10. The molecule has 0 amide bonds. The largest absolute Gasteiger partial charge is 0.356 e. The molecule has 0 aliphatic rings. The summed E-state index contributed by atoms with van der Waals surface area (Å²) in [6.45, 7) is 8.10. The lowest BCUT2D eigenvalue weighted by Crippen LogP contribution is -2.22. The Morgan fingerprint density at radius 3 is 2.35 bits per heavy atom. The lowest BCUT2D eigenvalue weighted by atomic mass is 10.1. The van der Waals surface area contributed by atoms with Gasteiger partial charge in [-0.25, -0.2) is 0 Å². The lowest BCUT2D eigenvalue weighted by molar-refractivity contribution is 0.00325. The van der Waals surface area contributed by atoms with Crippen LogP contribution in [-0.4, -0.2) is 12.8 Å². The minimum absolute atomic E-state index is 0.0663. The van der Waals surface area contributed by atoms with Gasteiger partial charge in [-0.2, -0.15) is 10.2 Å². The van der Waals surface area contributed by atoms with Crippen molar-refractivity contribution in [2.24, 2.45) is 10.2 Å².